The minimum absolute atomic E-state index is 0.0383. The molecule has 1 aromatic rings. The molecule has 3 amide bonds. The smallest absolute Gasteiger partial charge is 0.318 e. The zero-order chi connectivity index (χ0) is 16.4. The molecule has 1 saturated carbocycles. The highest BCUT2D eigenvalue weighted by molar-refractivity contribution is 5.85. The van der Waals surface area contributed by atoms with E-state index in [2.05, 4.69) is 5.32 Å². The van der Waals surface area contributed by atoms with Crippen molar-refractivity contribution < 1.29 is 14.7 Å². The maximum atomic E-state index is 12.3. The van der Waals surface area contributed by atoms with Crippen molar-refractivity contribution in [3.63, 3.8) is 0 Å². The van der Waals surface area contributed by atoms with Gasteiger partial charge in [-0.1, -0.05) is 12.1 Å². The Labute approximate surface area is 136 Å². The maximum absolute atomic E-state index is 12.3. The van der Waals surface area contributed by atoms with Crippen LogP contribution >= 0.6 is 0 Å². The minimum atomic E-state index is -0.180. The predicted octanol–water partition coefficient (Wildman–Crippen LogP) is 1.34. The van der Waals surface area contributed by atoms with Crippen molar-refractivity contribution >= 4 is 11.9 Å². The molecule has 3 rings (SSSR count). The highest BCUT2D eigenvalue weighted by Gasteiger charge is 2.36. The highest BCUT2D eigenvalue weighted by Crippen LogP contribution is 2.28. The zero-order valence-corrected chi connectivity index (χ0v) is 13.4. The van der Waals surface area contributed by atoms with E-state index in [1.807, 2.05) is 24.0 Å². The molecule has 6 heteroatoms. The summed E-state index contributed by atoms with van der Waals surface area (Å²) >= 11 is 0. The fraction of sp³-hybridized carbons (Fsp3) is 0.529. The summed E-state index contributed by atoms with van der Waals surface area (Å²) in [6.45, 7) is 3.35. The summed E-state index contributed by atoms with van der Waals surface area (Å²) in [6, 6.07) is 7.16. The SMILES string of the molecule is CC(Cc1ccc(O)cc1)NC(=O)N1CCN(C2CC2)C(=O)C1. The Hall–Kier alpha value is -2.24. The van der Waals surface area contributed by atoms with Crippen molar-refractivity contribution in [2.24, 2.45) is 0 Å². The fourth-order valence-corrected chi connectivity index (χ4v) is 2.97. The Kier molecular flexibility index (Phi) is 4.41. The molecular weight excluding hydrogens is 294 g/mol. The number of aromatic hydroxyl groups is 1. The molecule has 23 heavy (non-hydrogen) atoms. The van der Waals surface area contributed by atoms with Crippen LogP contribution in [0.1, 0.15) is 25.3 Å². The summed E-state index contributed by atoms with van der Waals surface area (Å²) in [5, 5.41) is 12.2. The lowest BCUT2D eigenvalue weighted by Crippen LogP contribution is -2.56. The molecule has 0 bridgehead atoms. The first kappa shape index (κ1) is 15.6. The van der Waals surface area contributed by atoms with Gasteiger partial charge in [0.25, 0.3) is 0 Å². The van der Waals surface area contributed by atoms with Crippen LogP contribution in [0, 0.1) is 0 Å². The number of nitrogens with one attached hydrogen (secondary N) is 1. The Balaban J connectivity index is 1.48. The van der Waals surface area contributed by atoms with E-state index in [9.17, 15) is 14.7 Å². The van der Waals surface area contributed by atoms with Gasteiger partial charge in [-0.15, -0.1) is 0 Å². The van der Waals surface area contributed by atoms with Crippen molar-refractivity contribution in [3.8, 4) is 5.75 Å². The highest BCUT2D eigenvalue weighted by atomic mass is 16.3. The van der Waals surface area contributed by atoms with Gasteiger partial charge in [-0.05, 0) is 43.9 Å². The lowest BCUT2D eigenvalue weighted by atomic mass is 10.1. The first-order chi connectivity index (χ1) is 11.0. The quantitative estimate of drug-likeness (QED) is 0.880. The van der Waals surface area contributed by atoms with Crippen molar-refractivity contribution in [2.45, 2.75) is 38.3 Å². The second-order valence-electron chi connectivity index (χ2n) is 6.46. The van der Waals surface area contributed by atoms with Crippen molar-refractivity contribution in [3.05, 3.63) is 29.8 Å². The van der Waals surface area contributed by atoms with Crippen LogP contribution in [0.15, 0.2) is 24.3 Å². The van der Waals surface area contributed by atoms with E-state index in [4.69, 9.17) is 0 Å². The van der Waals surface area contributed by atoms with Crippen molar-refractivity contribution in [2.75, 3.05) is 19.6 Å². The van der Waals surface area contributed by atoms with Gasteiger partial charge in [-0.25, -0.2) is 4.79 Å². The molecule has 6 nitrogen and oxygen atoms in total. The molecule has 0 spiro atoms. The van der Waals surface area contributed by atoms with E-state index >= 15 is 0 Å². The average Bonchev–Trinajstić information content (AvgIpc) is 3.34. The van der Waals surface area contributed by atoms with Gasteiger partial charge >= 0.3 is 6.03 Å². The van der Waals surface area contributed by atoms with Crippen LogP contribution in [0.5, 0.6) is 5.75 Å². The van der Waals surface area contributed by atoms with Crippen LogP contribution in [0.2, 0.25) is 0 Å². The molecule has 1 unspecified atom stereocenters. The molecule has 1 heterocycles. The Morgan fingerprint density at radius 1 is 1.30 bits per heavy atom. The number of amides is 3. The summed E-state index contributed by atoms with van der Waals surface area (Å²) in [5.74, 6) is 0.289. The number of rotatable bonds is 4. The predicted molar refractivity (Wildman–Crippen MR) is 86.1 cm³/mol. The number of benzene rings is 1. The number of hydrogen-bond donors (Lipinski definition) is 2. The molecule has 0 radical (unpaired) electrons. The summed E-state index contributed by atoms with van der Waals surface area (Å²) < 4.78 is 0. The lowest BCUT2D eigenvalue weighted by Gasteiger charge is -2.35. The van der Waals surface area contributed by atoms with Crippen LogP contribution < -0.4 is 5.32 Å². The first-order valence-corrected chi connectivity index (χ1v) is 8.16. The van der Waals surface area contributed by atoms with Crippen molar-refractivity contribution in [1.82, 2.24) is 15.1 Å². The van der Waals surface area contributed by atoms with Gasteiger partial charge in [0.15, 0.2) is 0 Å². The van der Waals surface area contributed by atoms with Crippen LogP contribution in [0.25, 0.3) is 0 Å². The van der Waals surface area contributed by atoms with Gasteiger partial charge < -0.3 is 20.2 Å². The van der Waals surface area contributed by atoms with E-state index in [0.717, 1.165) is 18.4 Å². The molecule has 1 saturated heterocycles. The third-order valence-corrected chi connectivity index (χ3v) is 4.38. The number of carbonyl (C=O) groups is 2. The summed E-state index contributed by atoms with van der Waals surface area (Å²) in [5.41, 5.74) is 1.05. The number of phenols is 1. The molecular formula is C17H23N3O3. The topological polar surface area (TPSA) is 72.9 Å². The molecule has 2 aliphatic rings. The third kappa shape index (κ3) is 3.94. The van der Waals surface area contributed by atoms with E-state index in [1.54, 1.807) is 17.0 Å². The maximum Gasteiger partial charge on any atom is 0.318 e. The molecule has 1 aliphatic heterocycles. The van der Waals surface area contributed by atoms with Gasteiger partial charge in [0, 0.05) is 25.2 Å². The van der Waals surface area contributed by atoms with Crippen LogP contribution in [0.3, 0.4) is 0 Å². The molecule has 0 aromatic heterocycles. The van der Waals surface area contributed by atoms with E-state index in [1.165, 1.54) is 0 Å². The summed E-state index contributed by atoms with van der Waals surface area (Å²) in [4.78, 5) is 27.9. The molecule has 2 N–H and O–H groups in total. The number of piperazine rings is 1. The molecule has 2 fully saturated rings. The van der Waals surface area contributed by atoms with Gasteiger partial charge in [0.1, 0.15) is 12.3 Å². The van der Waals surface area contributed by atoms with Crippen LogP contribution in [0.4, 0.5) is 4.79 Å². The van der Waals surface area contributed by atoms with Gasteiger partial charge in [-0.3, -0.25) is 4.79 Å². The number of urea groups is 1. The number of phenolic OH excluding ortho intramolecular Hbond substituents is 1. The number of carbonyl (C=O) groups excluding carboxylic acids is 2. The average molecular weight is 317 g/mol. The largest absolute Gasteiger partial charge is 0.508 e. The van der Waals surface area contributed by atoms with E-state index in [-0.39, 0.29) is 30.3 Å². The van der Waals surface area contributed by atoms with E-state index < -0.39 is 0 Å². The Bertz CT molecular complexity index is 583. The Morgan fingerprint density at radius 2 is 2.00 bits per heavy atom. The summed E-state index contributed by atoms with van der Waals surface area (Å²) in [7, 11) is 0. The van der Waals surface area contributed by atoms with Crippen LogP contribution in [-0.2, 0) is 11.2 Å². The second kappa shape index (κ2) is 6.48. The summed E-state index contributed by atoms with van der Waals surface area (Å²) in [6.07, 6.45) is 2.88. The minimum Gasteiger partial charge on any atom is -0.508 e. The lowest BCUT2D eigenvalue weighted by molar-refractivity contribution is -0.135. The monoisotopic (exact) mass is 317 g/mol. The number of nitrogens with zero attached hydrogens (tertiary/aromatic N) is 2. The first-order valence-electron chi connectivity index (χ1n) is 8.16. The molecule has 1 aliphatic carbocycles. The van der Waals surface area contributed by atoms with Gasteiger partial charge in [0.05, 0.1) is 0 Å². The molecule has 1 aromatic carbocycles. The standard InChI is InChI=1S/C17H23N3O3/c1-12(10-13-2-6-15(21)7-3-13)18-17(23)19-8-9-20(14-4-5-14)16(22)11-19/h2-3,6-7,12,14,21H,4-5,8-11H2,1H3,(H,18,23). The molecule has 124 valence electrons. The fourth-order valence-electron chi connectivity index (χ4n) is 2.97. The van der Waals surface area contributed by atoms with Gasteiger partial charge in [0.2, 0.25) is 5.91 Å². The normalized spacial score (nSPS) is 19.6. The van der Waals surface area contributed by atoms with Crippen LogP contribution in [-0.4, -0.2) is 58.6 Å². The van der Waals surface area contributed by atoms with Crippen molar-refractivity contribution in [1.29, 1.82) is 0 Å². The zero-order valence-electron chi connectivity index (χ0n) is 13.4. The molecule has 1 atom stereocenters. The van der Waals surface area contributed by atoms with Gasteiger partial charge in [-0.2, -0.15) is 0 Å². The second-order valence-corrected chi connectivity index (χ2v) is 6.46. The number of hydrogen-bond acceptors (Lipinski definition) is 3. The Morgan fingerprint density at radius 3 is 2.61 bits per heavy atom. The third-order valence-electron chi connectivity index (χ3n) is 4.38. The van der Waals surface area contributed by atoms with E-state index in [0.29, 0.717) is 25.6 Å².